The third-order valence-corrected chi connectivity index (χ3v) is 2.38. The van der Waals surface area contributed by atoms with Crippen molar-refractivity contribution in [2.24, 2.45) is 5.73 Å². The Kier molecular flexibility index (Phi) is 3.80. The van der Waals surface area contributed by atoms with Crippen LogP contribution in [0.2, 0.25) is 0 Å². The molecule has 0 fully saturated rings. The van der Waals surface area contributed by atoms with Gasteiger partial charge in [-0.15, -0.1) is 0 Å². The molecule has 0 aliphatic carbocycles. The summed E-state index contributed by atoms with van der Waals surface area (Å²) in [4.78, 5) is 0. The number of hydrogen-bond acceptors (Lipinski definition) is 2. The zero-order chi connectivity index (χ0) is 12.5. The fraction of sp³-hybridized carbons (Fsp3) is 0.333. The van der Waals surface area contributed by atoms with Gasteiger partial charge in [-0.3, -0.25) is 0 Å². The van der Waals surface area contributed by atoms with Crippen LogP contribution in [0.4, 0.5) is 22.0 Å². The van der Waals surface area contributed by atoms with Crippen molar-refractivity contribution < 1.29 is 22.0 Å². The molecule has 0 aliphatic heterocycles. The molecular weight excluding hydrogens is 249 g/mol. The molecule has 1 aromatic rings. The van der Waals surface area contributed by atoms with Crippen molar-refractivity contribution in [1.82, 2.24) is 0 Å². The van der Waals surface area contributed by atoms with Crippen molar-refractivity contribution in [3.8, 4) is 0 Å². The predicted octanol–water partition coefficient (Wildman–Crippen LogP) is 2.91. The van der Waals surface area contributed by atoms with Crippen LogP contribution in [0, 0.1) is 11.6 Å². The molecule has 0 aliphatic rings. The van der Waals surface area contributed by atoms with Gasteiger partial charge >= 0.3 is 6.18 Å². The van der Waals surface area contributed by atoms with E-state index in [4.69, 9.17) is 5.73 Å². The third-order valence-electron chi connectivity index (χ3n) is 1.99. The summed E-state index contributed by atoms with van der Waals surface area (Å²) in [6.07, 6.45) is -4.87. The Labute approximate surface area is 93.8 Å². The van der Waals surface area contributed by atoms with Gasteiger partial charge in [0, 0.05) is 23.4 Å². The van der Waals surface area contributed by atoms with E-state index in [1.807, 2.05) is 0 Å². The van der Waals surface area contributed by atoms with E-state index in [0.29, 0.717) is 6.07 Å². The second-order valence-electron chi connectivity index (χ2n) is 3.14. The first-order chi connectivity index (χ1) is 7.27. The monoisotopic (exact) mass is 257 g/mol. The van der Waals surface area contributed by atoms with Crippen LogP contribution in [0.3, 0.4) is 0 Å². The van der Waals surface area contributed by atoms with E-state index in [1.165, 1.54) is 0 Å². The average molecular weight is 257 g/mol. The molecule has 7 heteroatoms. The summed E-state index contributed by atoms with van der Waals surface area (Å²) in [7, 11) is 0. The van der Waals surface area contributed by atoms with Crippen molar-refractivity contribution in [3.63, 3.8) is 0 Å². The molecule has 1 rings (SSSR count). The number of nitrogens with two attached hydrogens (primary N) is 1. The van der Waals surface area contributed by atoms with Crippen LogP contribution in [0.25, 0.3) is 0 Å². The summed E-state index contributed by atoms with van der Waals surface area (Å²) in [5, 5.41) is 0. The molecule has 0 aromatic heterocycles. The average Bonchev–Trinajstić information content (AvgIpc) is 2.14. The Morgan fingerprint density at radius 1 is 1.19 bits per heavy atom. The standard InChI is InChI=1S/C9H8F5NS/c10-6-2-7(11)5(9(12,13)14)1-4(6)8(15)3-16/h1-2,8,16H,3,15H2. The quantitative estimate of drug-likeness (QED) is 0.618. The molecule has 1 nitrogen and oxygen atoms in total. The second kappa shape index (κ2) is 4.58. The zero-order valence-electron chi connectivity index (χ0n) is 7.85. The van der Waals surface area contributed by atoms with Crippen molar-refractivity contribution in [1.29, 1.82) is 0 Å². The van der Waals surface area contributed by atoms with E-state index in [-0.39, 0.29) is 11.8 Å². The topological polar surface area (TPSA) is 26.0 Å². The van der Waals surface area contributed by atoms with E-state index in [2.05, 4.69) is 12.6 Å². The van der Waals surface area contributed by atoms with Crippen molar-refractivity contribution >= 4 is 12.6 Å². The summed E-state index contributed by atoms with van der Waals surface area (Å²) < 4.78 is 62.9. The molecule has 0 amide bonds. The Balaban J connectivity index is 3.33. The molecular formula is C9H8F5NS. The van der Waals surface area contributed by atoms with Gasteiger partial charge in [0.25, 0.3) is 0 Å². The number of thiol groups is 1. The summed E-state index contributed by atoms with van der Waals surface area (Å²) in [6, 6.07) is -0.447. The summed E-state index contributed by atoms with van der Waals surface area (Å²) in [6.45, 7) is 0. The largest absolute Gasteiger partial charge is 0.419 e. The molecule has 0 saturated carbocycles. The molecule has 0 bridgehead atoms. The van der Waals surface area contributed by atoms with E-state index in [1.54, 1.807) is 0 Å². The van der Waals surface area contributed by atoms with Gasteiger partial charge < -0.3 is 5.73 Å². The Bertz CT molecular complexity index is 390. The minimum Gasteiger partial charge on any atom is -0.323 e. The van der Waals surface area contributed by atoms with Crippen LogP contribution in [-0.4, -0.2) is 5.75 Å². The Hall–Kier alpha value is -0.820. The van der Waals surface area contributed by atoms with E-state index >= 15 is 0 Å². The van der Waals surface area contributed by atoms with E-state index < -0.39 is 35.0 Å². The molecule has 1 aromatic carbocycles. The summed E-state index contributed by atoms with van der Waals surface area (Å²) in [5.41, 5.74) is 3.43. The maximum atomic E-state index is 13.1. The van der Waals surface area contributed by atoms with E-state index in [0.717, 1.165) is 0 Å². The first-order valence-electron chi connectivity index (χ1n) is 4.20. The number of benzene rings is 1. The van der Waals surface area contributed by atoms with Crippen molar-refractivity contribution in [2.45, 2.75) is 12.2 Å². The fourth-order valence-corrected chi connectivity index (χ4v) is 1.36. The van der Waals surface area contributed by atoms with Crippen LogP contribution in [0.1, 0.15) is 17.2 Å². The van der Waals surface area contributed by atoms with Gasteiger partial charge in [-0.2, -0.15) is 25.8 Å². The first-order valence-corrected chi connectivity index (χ1v) is 4.83. The SMILES string of the molecule is NC(CS)c1cc(C(F)(F)F)c(F)cc1F. The highest BCUT2D eigenvalue weighted by molar-refractivity contribution is 7.80. The summed E-state index contributed by atoms with van der Waals surface area (Å²) >= 11 is 3.74. The minimum atomic E-state index is -4.87. The van der Waals surface area contributed by atoms with Crippen LogP contribution >= 0.6 is 12.6 Å². The Morgan fingerprint density at radius 3 is 2.19 bits per heavy atom. The summed E-state index contributed by atoms with van der Waals surface area (Å²) in [5.74, 6) is -2.80. The lowest BCUT2D eigenvalue weighted by Gasteiger charge is -2.14. The lowest BCUT2D eigenvalue weighted by atomic mass is 10.0. The van der Waals surface area contributed by atoms with Crippen molar-refractivity contribution in [3.05, 3.63) is 34.9 Å². The van der Waals surface area contributed by atoms with Gasteiger partial charge in [0.2, 0.25) is 0 Å². The lowest BCUT2D eigenvalue weighted by Crippen LogP contribution is -2.17. The highest BCUT2D eigenvalue weighted by Gasteiger charge is 2.35. The number of halogens is 5. The zero-order valence-corrected chi connectivity index (χ0v) is 8.75. The predicted molar refractivity (Wildman–Crippen MR) is 52.1 cm³/mol. The maximum Gasteiger partial charge on any atom is 0.419 e. The van der Waals surface area contributed by atoms with Crippen LogP contribution < -0.4 is 5.73 Å². The van der Waals surface area contributed by atoms with Gasteiger partial charge in [-0.25, -0.2) is 8.78 Å². The second-order valence-corrected chi connectivity index (χ2v) is 3.51. The molecule has 16 heavy (non-hydrogen) atoms. The van der Waals surface area contributed by atoms with Gasteiger partial charge in [-0.05, 0) is 6.07 Å². The van der Waals surface area contributed by atoms with Crippen LogP contribution in [0.15, 0.2) is 12.1 Å². The Morgan fingerprint density at radius 2 is 1.75 bits per heavy atom. The van der Waals surface area contributed by atoms with Crippen molar-refractivity contribution in [2.75, 3.05) is 5.75 Å². The number of alkyl halides is 3. The van der Waals surface area contributed by atoms with Crippen LogP contribution in [0.5, 0.6) is 0 Å². The van der Waals surface area contributed by atoms with Crippen LogP contribution in [-0.2, 0) is 6.18 Å². The molecule has 0 heterocycles. The molecule has 0 radical (unpaired) electrons. The smallest absolute Gasteiger partial charge is 0.323 e. The molecule has 0 saturated heterocycles. The molecule has 1 unspecified atom stereocenters. The van der Waals surface area contributed by atoms with E-state index in [9.17, 15) is 22.0 Å². The van der Waals surface area contributed by atoms with Gasteiger partial charge in [0.05, 0.1) is 5.56 Å². The molecule has 0 spiro atoms. The maximum absolute atomic E-state index is 13.1. The molecule has 2 N–H and O–H groups in total. The number of rotatable bonds is 2. The lowest BCUT2D eigenvalue weighted by molar-refractivity contribution is -0.140. The number of hydrogen-bond donors (Lipinski definition) is 2. The van der Waals surface area contributed by atoms with Gasteiger partial charge in [0.15, 0.2) is 0 Å². The normalized spacial score (nSPS) is 13.9. The van der Waals surface area contributed by atoms with Gasteiger partial charge in [0.1, 0.15) is 11.6 Å². The fourth-order valence-electron chi connectivity index (χ4n) is 1.17. The van der Waals surface area contributed by atoms with Gasteiger partial charge in [-0.1, -0.05) is 0 Å². The first kappa shape index (κ1) is 13.2. The minimum absolute atomic E-state index is 0.0418. The highest BCUT2D eigenvalue weighted by atomic mass is 32.1. The molecule has 1 atom stereocenters. The molecule has 90 valence electrons. The third kappa shape index (κ3) is 2.65. The highest BCUT2D eigenvalue weighted by Crippen LogP contribution is 2.33.